The van der Waals surface area contributed by atoms with Crippen LogP contribution in [-0.4, -0.2) is 6.08 Å². The fraction of sp³-hybridized carbons (Fsp3) is 0.250. The Balaban J connectivity index is 3.24. The van der Waals surface area contributed by atoms with E-state index in [9.17, 15) is 4.79 Å². The minimum atomic E-state index is 0.462. The first-order chi connectivity index (χ1) is 5.83. The first-order valence-corrected chi connectivity index (χ1v) is 4.29. The summed E-state index contributed by atoms with van der Waals surface area (Å²) in [6.07, 6.45) is 2.22. The molecule has 0 unspecified atom stereocenters. The van der Waals surface area contributed by atoms with E-state index < -0.39 is 0 Å². The summed E-state index contributed by atoms with van der Waals surface area (Å²) >= 11 is 1.30. The number of thiophene rings is 1. The second-order valence-electron chi connectivity index (χ2n) is 2.11. The van der Waals surface area contributed by atoms with Crippen molar-refractivity contribution in [2.75, 3.05) is 0 Å². The van der Waals surface area contributed by atoms with Crippen LogP contribution < -0.4 is 0 Å². The summed E-state index contributed by atoms with van der Waals surface area (Å²) in [6, 6.07) is 2.02. The molecule has 0 aliphatic carbocycles. The molecule has 3 nitrogen and oxygen atoms in total. The molecule has 0 aromatic carbocycles. The van der Waals surface area contributed by atoms with Crippen LogP contribution in [0.25, 0.3) is 0 Å². The van der Waals surface area contributed by atoms with Crippen LogP contribution in [0.3, 0.4) is 0 Å². The van der Waals surface area contributed by atoms with E-state index in [0.29, 0.717) is 10.6 Å². The number of nitrogens with zero attached hydrogens (tertiary/aromatic N) is 2. The second kappa shape index (κ2) is 3.82. The first-order valence-electron chi connectivity index (χ1n) is 3.41. The van der Waals surface area contributed by atoms with Crippen molar-refractivity contribution in [1.82, 2.24) is 0 Å². The summed E-state index contributed by atoms with van der Waals surface area (Å²) in [5, 5.41) is 11.0. The lowest BCUT2D eigenvalue weighted by molar-refractivity contribution is 0.565. The normalized spacial score (nSPS) is 8.67. The molecule has 0 saturated carbocycles. The Morgan fingerprint density at radius 3 is 3.00 bits per heavy atom. The molecular weight excluding hydrogens is 172 g/mol. The third-order valence-corrected chi connectivity index (χ3v) is 2.41. The number of nitriles is 1. The van der Waals surface area contributed by atoms with E-state index >= 15 is 0 Å². The summed E-state index contributed by atoms with van der Waals surface area (Å²) < 4.78 is 0. The Morgan fingerprint density at radius 1 is 1.75 bits per heavy atom. The van der Waals surface area contributed by atoms with E-state index in [2.05, 4.69) is 4.99 Å². The van der Waals surface area contributed by atoms with Crippen molar-refractivity contribution in [3.63, 3.8) is 0 Å². The minimum Gasteiger partial charge on any atom is -0.211 e. The van der Waals surface area contributed by atoms with Crippen LogP contribution in [0.15, 0.2) is 10.4 Å². The summed E-state index contributed by atoms with van der Waals surface area (Å²) in [6.45, 7) is 1.96. The van der Waals surface area contributed by atoms with Gasteiger partial charge in [-0.3, -0.25) is 0 Å². The van der Waals surface area contributed by atoms with Gasteiger partial charge in [-0.2, -0.15) is 10.3 Å². The SMILES string of the molecule is CCc1csc(N=C=O)c1C#N. The number of carbonyl (C=O) groups excluding carboxylic acids is 1. The number of rotatable bonds is 2. The molecule has 1 aromatic rings. The number of aliphatic imine (C=N–C) groups is 1. The summed E-state index contributed by atoms with van der Waals surface area (Å²) in [5.74, 6) is 0. The predicted molar refractivity (Wildman–Crippen MR) is 46.2 cm³/mol. The fourth-order valence-electron chi connectivity index (χ4n) is 0.886. The van der Waals surface area contributed by atoms with Gasteiger partial charge in [0.05, 0.1) is 5.56 Å². The van der Waals surface area contributed by atoms with Gasteiger partial charge in [0.25, 0.3) is 0 Å². The Bertz CT molecular complexity index is 369. The molecule has 12 heavy (non-hydrogen) atoms. The third kappa shape index (κ3) is 1.42. The summed E-state index contributed by atoms with van der Waals surface area (Å²) in [4.78, 5) is 13.4. The maximum absolute atomic E-state index is 9.95. The average molecular weight is 178 g/mol. The van der Waals surface area contributed by atoms with E-state index in [1.807, 2.05) is 18.4 Å². The van der Waals surface area contributed by atoms with Crippen LogP contribution in [0.2, 0.25) is 0 Å². The van der Waals surface area contributed by atoms with Crippen molar-refractivity contribution in [3.8, 4) is 6.07 Å². The molecule has 0 radical (unpaired) electrons. The molecule has 1 rings (SSSR count). The smallest absolute Gasteiger partial charge is 0.211 e. The van der Waals surface area contributed by atoms with Gasteiger partial charge in [0.1, 0.15) is 11.1 Å². The van der Waals surface area contributed by atoms with E-state index in [1.165, 1.54) is 17.4 Å². The molecule has 0 bridgehead atoms. The first kappa shape index (κ1) is 8.66. The molecule has 0 atom stereocenters. The van der Waals surface area contributed by atoms with Crippen LogP contribution in [-0.2, 0) is 11.2 Å². The molecule has 4 heteroatoms. The number of aryl methyl sites for hydroxylation is 1. The monoisotopic (exact) mass is 178 g/mol. The highest BCUT2D eigenvalue weighted by Crippen LogP contribution is 2.29. The van der Waals surface area contributed by atoms with Gasteiger partial charge >= 0.3 is 0 Å². The minimum absolute atomic E-state index is 0.462. The van der Waals surface area contributed by atoms with E-state index in [4.69, 9.17) is 5.26 Å². The van der Waals surface area contributed by atoms with Crippen LogP contribution in [0.4, 0.5) is 5.00 Å². The average Bonchev–Trinajstić information content (AvgIpc) is 2.47. The van der Waals surface area contributed by atoms with Crippen LogP contribution >= 0.6 is 11.3 Å². The molecule has 0 amide bonds. The number of hydrogen-bond acceptors (Lipinski definition) is 4. The number of hydrogen-bond donors (Lipinski definition) is 0. The standard InChI is InChI=1S/C8H6N2OS/c1-2-6-4-12-8(10-5-11)7(6)3-9/h4H,2H2,1H3. The quantitative estimate of drug-likeness (QED) is 0.514. The third-order valence-electron chi connectivity index (χ3n) is 1.49. The van der Waals surface area contributed by atoms with Gasteiger partial charge in [0.2, 0.25) is 6.08 Å². The lowest BCUT2D eigenvalue weighted by Crippen LogP contribution is -1.78. The molecule has 1 aromatic heterocycles. The molecule has 0 aliphatic rings. The van der Waals surface area contributed by atoms with Crippen molar-refractivity contribution >= 4 is 22.4 Å². The van der Waals surface area contributed by atoms with E-state index in [1.54, 1.807) is 0 Å². The molecule has 0 saturated heterocycles. The van der Waals surface area contributed by atoms with Gasteiger partial charge in [-0.15, -0.1) is 11.3 Å². The zero-order chi connectivity index (χ0) is 8.97. The van der Waals surface area contributed by atoms with Crippen molar-refractivity contribution < 1.29 is 4.79 Å². The largest absolute Gasteiger partial charge is 0.241 e. The van der Waals surface area contributed by atoms with Gasteiger partial charge in [-0.1, -0.05) is 6.92 Å². The Labute approximate surface area is 74.0 Å². The van der Waals surface area contributed by atoms with Gasteiger partial charge in [0, 0.05) is 0 Å². The molecular formula is C8H6N2OS. The van der Waals surface area contributed by atoms with Crippen LogP contribution in [0.5, 0.6) is 0 Å². The van der Waals surface area contributed by atoms with Gasteiger partial charge in [-0.25, -0.2) is 4.79 Å². The topological polar surface area (TPSA) is 53.2 Å². The molecule has 1 heterocycles. The van der Waals surface area contributed by atoms with Crippen molar-refractivity contribution in [3.05, 3.63) is 16.5 Å². The lowest BCUT2D eigenvalue weighted by Gasteiger charge is -1.88. The van der Waals surface area contributed by atoms with Crippen molar-refractivity contribution in [1.29, 1.82) is 5.26 Å². The highest BCUT2D eigenvalue weighted by molar-refractivity contribution is 7.14. The lowest BCUT2D eigenvalue weighted by atomic mass is 10.1. The van der Waals surface area contributed by atoms with E-state index in [0.717, 1.165) is 12.0 Å². The van der Waals surface area contributed by atoms with Crippen LogP contribution in [0, 0.1) is 11.3 Å². The molecule has 0 fully saturated rings. The van der Waals surface area contributed by atoms with Crippen molar-refractivity contribution in [2.24, 2.45) is 4.99 Å². The Morgan fingerprint density at radius 2 is 2.50 bits per heavy atom. The Kier molecular flexibility index (Phi) is 2.76. The summed E-state index contributed by atoms with van der Waals surface area (Å²) in [7, 11) is 0. The zero-order valence-corrected chi connectivity index (χ0v) is 7.31. The maximum atomic E-state index is 9.95. The van der Waals surface area contributed by atoms with E-state index in [-0.39, 0.29) is 0 Å². The van der Waals surface area contributed by atoms with Crippen LogP contribution in [0.1, 0.15) is 18.1 Å². The van der Waals surface area contributed by atoms with Gasteiger partial charge in [-0.05, 0) is 17.4 Å². The molecule has 0 N–H and O–H groups in total. The molecule has 0 spiro atoms. The zero-order valence-electron chi connectivity index (χ0n) is 6.50. The molecule has 0 aliphatic heterocycles. The molecule has 60 valence electrons. The highest BCUT2D eigenvalue weighted by atomic mass is 32.1. The maximum Gasteiger partial charge on any atom is 0.241 e. The Hall–Kier alpha value is -1.43. The summed E-state index contributed by atoms with van der Waals surface area (Å²) in [5.41, 5.74) is 1.45. The second-order valence-corrected chi connectivity index (χ2v) is 2.97. The van der Waals surface area contributed by atoms with Gasteiger partial charge in [0.15, 0.2) is 0 Å². The van der Waals surface area contributed by atoms with Crippen molar-refractivity contribution in [2.45, 2.75) is 13.3 Å². The predicted octanol–water partition coefficient (Wildman–Crippen LogP) is 2.15. The highest BCUT2D eigenvalue weighted by Gasteiger charge is 2.08. The number of isocyanates is 1. The van der Waals surface area contributed by atoms with Gasteiger partial charge < -0.3 is 0 Å². The fourth-order valence-corrected chi connectivity index (χ4v) is 1.81.